The quantitative estimate of drug-likeness (QED) is 0.127. The molecule has 0 aliphatic carbocycles. The molecule has 0 spiro atoms. The second-order valence-corrected chi connectivity index (χ2v) is 11.3. The molecule has 14 heteroatoms. The first-order chi connectivity index (χ1) is 20.9. The topological polar surface area (TPSA) is 145 Å². The van der Waals surface area contributed by atoms with Crippen molar-refractivity contribution in [1.29, 1.82) is 0 Å². The highest BCUT2D eigenvalue weighted by Gasteiger charge is 2.24. The number of hydrazine groups is 1. The molecule has 44 heavy (non-hydrogen) atoms. The van der Waals surface area contributed by atoms with Gasteiger partial charge in [0.25, 0.3) is 0 Å². The molecule has 238 valence electrons. The van der Waals surface area contributed by atoms with E-state index in [1.165, 1.54) is 48.5 Å². The number of anilines is 1. The van der Waals surface area contributed by atoms with Gasteiger partial charge in [-0.15, -0.1) is 0 Å². The minimum absolute atomic E-state index is 0.0116. The molecular weight excluding hydrogens is 598 g/mol. The first-order valence-corrected chi connectivity index (χ1v) is 14.3. The number of nitrogens with one attached hydrogen (secondary N) is 4. The summed E-state index contributed by atoms with van der Waals surface area (Å²) < 4.78 is 33.0. The molecule has 2 aromatic carbocycles. The fourth-order valence-electron chi connectivity index (χ4n) is 4.11. The van der Waals surface area contributed by atoms with Crippen molar-refractivity contribution in [1.82, 2.24) is 26.1 Å². The van der Waals surface area contributed by atoms with E-state index < -0.39 is 41.1 Å². The summed E-state index contributed by atoms with van der Waals surface area (Å²) >= 11 is 6.07. The highest BCUT2D eigenvalue weighted by Crippen LogP contribution is 2.21. The van der Waals surface area contributed by atoms with Crippen LogP contribution in [0.25, 0.3) is 10.8 Å². The lowest BCUT2D eigenvalue weighted by molar-refractivity contribution is -0.136. The van der Waals surface area contributed by atoms with Gasteiger partial charge in [0.1, 0.15) is 24.1 Å². The Morgan fingerprint density at radius 2 is 1.89 bits per heavy atom. The highest BCUT2D eigenvalue weighted by molar-refractivity contribution is 6.31. The normalized spacial score (nSPS) is 12.0. The average Bonchev–Trinajstić information content (AvgIpc) is 2.98. The van der Waals surface area contributed by atoms with E-state index in [1.807, 2.05) is 13.8 Å². The summed E-state index contributed by atoms with van der Waals surface area (Å²) in [6.45, 7) is 5.13. The number of aliphatic hydroxyl groups excluding tert-OH is 1. The van der Waals surface area contributed by atoms with Crippen molar-refractivity contribution in [2.24, 2.45) is 5.41 Å². The van der Waals surface area contributed by atoms with Crippen LogP contribution in [0.1, 0.15) is 39.2 Å². The number of amides is 4. The second-order valence-electron chi connectivity index (χ2n) is 10.9. The Bertz CT molecular complexity index is 1460. The average molecular weight is 635 g/mol. The first-order valence-electron chi connectivity index (χ1n) is 14.0. The molecule has 0 saturated carbocycles. The summed E-state index contributed by atoms with van der Waals surface area (Å²) in [7, 11) is 0. The van der Waals surface area contributed by atoms with Crippen LogP contribution in [0.5, 0.6) is 0 Å². The zero-order valence-corrected chi connectivity index (χ0v) is 25.5. The van der Waals surface area contributed by atoms with Crippen molar-refractivity contribution in [2.75, 3.05) is 31.6 Å². The fourth-order valence-corrected chi connectivity index (χ4v) is 4.30. The lowest BCUT2D eigenvalue weighted by Crippen LogP contribution is -2.51. The molecular formula is C30H37ClF2N6O5. The van der Waals surface area contributed by atoms with Crippen molar-refractivity contribution in [3.63, 3.8) is 0 Å². The van der Waals surface area contributed by atoms with E-state index in [2.05, 4.69) is 26.4 Å². The number of carbonyl (C=O) groups excluding carboxylic acids is 3. The molecule has 0 unspecified atom stereocenters. The summed E-state index contributed by atoms with van der Waals surface area (Å²) in [6.07, 6.45) is 1.34. The molecule has 0 aliphatic rings. The van der Waals surface area contributed by atoms with Crippen LogP contribution in [0.15, 0.2) is 48.7 Å². The lowest BCUT2D eigenvalue weighted by Gasteiger charge is -2.31. The van der Waals surface area contributed by atoms with Crippen LogP contribution >= 0.6 is 11.6 Å². The molecule has 0 aliphatic heterocycles. The number of hydrogen-bond acceptors (Lipinski definition) is 7. The van der Waals surface area contributed by atoms with Gasteiger partial charge in [0, 0.05) is 50.2 Å². The Morgan fingerprint density at radius 3 is 2.61 bits per heavy atom. The van der Waals surface area contributed by atoms with Gasteiger partial charge in [0.2, 0.25) is 5.91 Å². The SMILES string of the molecule is CC(=O)N(NCc1cccc(F)c1Cl)[C@@H](CCCNC(=O)NCC(C)(C)CO)COC(=O)Nc1cc2cc(F)ccc2cn1. The van der Waals surface area contributed by atoms with Gasteiger partial charge in [-0.2, -0.15) is 0 Å². The zero-order valence-electron chi connectivity index (χ0n) is 24.8. The number of halogens is 3. The van der Waals surface area contributed by atoms with Crippen LogP contribution in [0.4, 0.5) is 24.2 Å². The molecule has 4 amide bonds. The minimum atomic E-state index is -0.848. The van der Waals surface area contributed by atoms with Crippen LogP contribution in [0, 0.1) is 17.0 Å². The second kappa shape index (κ2) is 16.1. The number of nitrogens with zero attached hydrogens (tertiary/aromatic N) is 2. The summed E-state index contributed by atoms with van der Waals surface area (Å²) in [6, 6.07) is 8.91. The van der Waals surface area contributed by atoms with Crippen molar-refractivity contribution in [3.8, 4) is 0 Å². The summed E-state index contributed by atoms with van der Waals surface area (Å²) in [5.74, 6) is -1.29. The predicted molar refractivity (Wildman–Crippen MR) is 163 cm³/mol. The molecule has 0 fully saturated rings. The number of rotatable bonds is 14. The smallest absolute Gasteiger partial charge is 0.412 e. The monoisotopic (exact) mass is 634 g/mol. The van der Waals surface area contributed by atoms with Gasteiger partial charge in [0.15, 0.2) is 0 Å². The lowest BCUT2D eigenvalue weighted by atomic mass is 9.95. The maximum absolute atomic E-state index is 13.9. The molecule has 3 rings (SSSR count). The third kappa shape index (κ3) is 10.6. The number of fused-ring (bicyclic) bond motifs is 1. The van der Waals surface area contributed by atoms with Crippen molar-refractivity contribution < 1.29 is 33.0 Å². The Balaban J connectivity index is 1.64. The van der Waals surface area contributed by atoms with Gasteiger partial charge in [0.05, 0.1) is 11.1 Å². The number of hydrogen-bond donors (Lipinski definition) is 5. The molecule has 0 saturated heterocycles. The number of ether oxygens (including phenoxy) is 1. The number of aromatic nitrogens is 1. The van der Waals surface area contributed by atoms with Crippen LogP contribution in [-0.2, 0) is 16.1 Å². The van der Waals surface area contributed by atoms with Gasteiger partial charge in [-0.05, 0) is 54.1 Å². The molecule has 1 atom stereocenters. The van der Waals surface area contributed by atoms with E-state index in [1.54, 1.807) is 12.1 Å². The van der Waals surface area contributed by atoms with Crippen LogP contribution < -0.4 is 21.4 Å². The predicted octanol–water partition coefficient (Wildman–Crippen LogP) is 4.73. The van der Waals surface area contributed by atoms with Gasteiger partial charge in [-0.25, -0.2) is 28.8 Å². The number of benzene rings is 2. The van der Waals surface area contributed by atoms with Crippen molar-refractivity contribution in [3.05, 3.63) is 70.9 Å². The Morgan fingerprint density at radius 1 is 1.11 bits per heavy atom. The Kier molecular flexibility index (Phi) is 12.6. The number of pyridine rings is 1. The van der Waals surface area contributed by atoms with Gasteiger partial charge < -0.3 is 20.5 Å². The molecule has 0 bridgehead atoms. The molecule has 1 aromatic heterocycles. The summed E-state index contributed by atoms with van der Waals surface area (Å²) in [5.41, 5.74) is 2.89. The Labute approximate surface area is 259 Å². The maximum Gasteiger partial charge on any atom is 0.412 e. The van der Waals surface area contributed by atoms with Gasteiger partial charge in [-0.1, -0.05) is 37.6 Å². The first kappa shape index (κ1) is 34.4. The highest BCUT2D eigenvalue weighted by atomic mass is 35.5. The summed E-state index contributed by atoms with van der Waals surface area (Å²) in [4.78, 5) is 41.6. The molecule has 3 aromatic rings. The fraction of sp³-hybridized carbons (Fsp3) is 0.400. The van der Waals surface area contributed by atoms with Crippen molar-refractivity contribution in [2.45, 2.75) is 46.2 Å². The number of aliphatic hydroxyl groups is 1. The van der Waals surface area contributed by atoms with E-state index in [4.69, 9.17) is 16.3 Å². The van der Waals surface area contributed by atoms with Gasteiger partial charge >= 0.3 is 12.1 Å². The molecule has 5 N–H and O–H groups in total. The molecule has 1 heterocycles. The largest absolute Gasteiger partial charge is 0.447 e. The van der Waals surface area contributed by atoms with E-state index >= 15 is 0 Å². The third-order valence-electron chi connectivity index (χ3n) is 6.65. The van der Waals surface area contributed by atoms with E-state index in [0.717, 1.165) is 0 Å². The number of carbonyl (C=O) groups is 3. The number of urea groups is 1. The van der Waals surface area contributed by atoms with Gasteiger partial charge in [-0.3, -0.25) is 15.1 Å². The van der Waals surface area contributed by atoms with Crippen LogP contribution in [0.3, 0.4) is 0 Å². The maximum atomic E-state index is 13.9. The molecule has 0 radical (unpaired) electrons. The Hall–Kier alpha value is -4.07. The zero-order chi connectivity index (χ0) is 32.3. The van der Waals surface area contributed by atoms with Crippen LogP contribution in [0.2, 0.25) is 5.02 Å². The van der Waals surface area contributed by atoms with E-state index in [-0.39, 0.29) is 43.7 Å². The standard InChI is InChI=1S/C30H37ClF2N6O5/c1-19(41)39(37-15-21-6-4-8-25(33)27(21)31)24(7-5-11-34-28(42)36-17-30(2,3)18-40)16-44-29(43)38-26-13-22-12-23(32)10-9-20(22)14-35-26/h4,6,8-10,12-14,24,37,40H,5,7,11,15-18H2,1-3H3,(H2,34,36,42)(H,35,38,43)/t24-/m0/s1. The van der Waals surface area contributed by atoms with Crippen LogP contribution in [-0.4, -0.2) is 65.5 Å². The van der Waals surface area contributed by atoms with Crippen molar-refractivity contribution >= 4 is 46.2 Å². The van der Waals surface area contributed by atoms with E-state index in [0.29, 0.717) is 29.2 Å². The third-order valence-corrected chi connectivity index (χ3v) is 7.08. The molecule has 11 nitrogen and oxygen atoms in total. The minimum Gasteiger partial charge on any atom is -0.447 e. The van der Waals surface area contributed by atoms with E-state index in [9.17, 15) is 28.3 Å². The summed E-state index contributed by atoms with van der Waals surface area (Å²) in [5, 5.41) is 19.7.